The van der Waals surface area contributed by atoms with Crippen LogP contribution in [0.3, 0.4) is 0 Å². The number of carbonyl (C=O) groups excluding carboxylic acids is 1. The van der Waals surface area contributed by atoms with Crippen molar-refractivity contribution in [1.29, 1.82) is 0 Å². The molecule has 1 saturated heterocycles. The average molecular weight is 516 g/mol. The number of rotatable bonds is 4. The molecule has 0 radical (unpaired) electrons. The Balaban J connectivity index is 1.35. The fourth-order valence-electron chi connectivity index (χ4n) is 4.49. The second-order valence-electron chi connectivity index (χ2n) is 8.59. The van der Waals surface area contributed by atoms with E-state index in [1.54, 1.807) is 24.8 Å². The first-order valence-corrected chi connectivity index (χ1v) is 12.8. The number of aryl methyl sites for hydroxylation is 1. The molecule has 4 aromatic heterocycles. The molecule has 36 heavy (non-hydrogen) atoms. The van der Waals surface area contributed by atoms with Crippen LogP contribution < -0.4 is 4.90 Å². The van der Waals surface area contributed by atoms with Gasteiger partial charge in [0.1, 0.15) is 16.4 Å². The molecule has 5 aromatic rings. The standard InChI is InChI=1S/C26H22ClN7OS/c1-16-20(27)5-4-19-21(16)31-32-22(19)25-30-23(24(36-25)17-3-2-8-29-15-17)26(35)34-13-11-33(12-14-34)18-6-9-28-10-7-18/h2-10,15H,11-14H2,1H3,(H,31,32). The van der Waals surface area contributed by atoms with Crippen LogP contribution in [0.5, 0.6) is 0 Å². The Kier molecular flexibility index (Phi) is 5.86. The summed E-state index contributed by atoms with van der Waals surface area (Å²) in [6, 6.07) is 11.6. The molecule has 0 bridgehead atoms. The second-order valence-corrected chi connectivity index (χ2v) is 10.00. The summed E-state index contributed by atoms with van der Waals surface area (Å²) in [6.07, 6.45) is 7.07. The van der Waals surface area contributed by atoms with Crippen LogP contribution in [0.1, 0.15) is 16.1 Å². The third-order valence-electron chi connectivity index (χ3n) is 6.48. The van der Waals surface area contributed by atoms with E-state index in [4.69, 9.17) is 16.6 Å². The number of H-pyrrole nitrogens is 1. The lowest BCUT2D eigenvalue weighted by Gasteiger charge is -2.35. The van der Waals surface area contributed by atoms with Crippen LogP contribution in [0, 0.1) is 6.92 Å². The number of nitrogens with one attached hydrogen (secondary N) is 1. The number of pyridine rings is 2. The number of piperazine rings is 1. The zero-order valence-corrected chi connectivity index (χ0v) is 21.1. The summed E-state index contributed by atoms with van der Waals surface area (Å²) in [5, 5.41) is 9.92. The van der Waals surface area contributed by atoms with E-state index in [-0.39, 0.29) is 5.91 Å². The topological polar surface area (TPSA) is 90.9 Å². The molecule has 1 amide bonds. The highest BCUT2D eigenvalue weighted by molar-refractivity contribution is 7.18. The van der Waals surface area contributed by atoms with Crippen LogP contribution >= 0.6 is 22.9 Å². The van der Waals surface area contributed by atoms with Crippen molar-refractivity contribution in [2.24, 2.45) is 0 Å². The minimum atomic E-state index is -0.0789. The zero-order chi connectivity index (χ0) is 24.6. The number of benzene rings is 1. The first-order valence-electron chi connectivity index (χ1n) is 11.6. The van der Waals surface area contributed by atoms with Gasteiger partial charge >= 0.3 is 0 Å². The molecule has 1 aromatic carbocycles. The average Bonchev–Trinajstić information content (AvgIpc) is 3.57. The molecule has 180 valence electrons. The molecular weight excluding hydrogens is 494 g/mol. The van der Waals surface area contributed by atoms with Crippen molar-refractivity contribution in [1.82, 2.24) is 30.0 Å². The summed E-state index contributed by atoms with van der Waals surface area (Å²) >= 11 is 7.76. The zero-order valence-electron chi connectivity index (χ0n) is 19.5. The van der Waals surface area contributed by atoms with E-state index in [2.05, 4.69) is 25.1 Å². The van der Waals surface area contributed by atoms with E-state index in [9.17, 15) is 4.79 Å². The first kappa shape index (κ1) is 22.6. The Morgan fingerprint density at radius 1 is 1.03 bits per heavy atom. The van der Waals surface area contributed by atoms with E-state index >= 15 is 0 Å². The number of aromatic amines is 1. The molecule has 10 heteroatoms. The summed E-state index contributed by atoms with van der Waals surface area (Å²) in [5.74, 6) is -0.0789. The fraction of sp³-hybridized carbons (Fsp3) is 0.192. The lowest BCUT2D eigenvalue weighted by atomic mass is 10.1. The van der Waals surface area contributed by atoms with Crippen molar-refractivity contribution in [3.63, 3.8) is 0 Å². The molecule has 0 saturated carbocycles. The van der Waals surface area contributed by atoms with Crippen LogP contribution in [0.4, 0.5) is 5.69 Å². The lowest BCUT2D eigenvalue weighted by molar-refractivity contribution is 0.0742. The summed E-state index contributed by atoms with van der Waals surface area (Å²) in [7, 11) is 0. The molecule has 8 nitrogen and oxygen atoms in total. The molecule has 1 aliphatic heterocycles. The van der Waals surface area contributed by atoms with Crippen molar-refractivity contribution in [3.8, 4) is 21.1 Å². The smallest absolute Gasteiger partial charge is 0.274 e. The third kappa shape index (κ3) is 4.00. The van der Waals surface area contributed by atoms with Crippen molar-refractivity contribution in [3.05, 3.63) is 77.5 Å². The summed E-state index contributed by atoms with van der Waals surface area (Å²) in [6.45, 7) is 4.68. The maximum Gasteiger partial charge on any atom is 0.274 e. The van der Waals surface area contributed by atoms with E-state index < -0.39 is 0 Å². The maximum atomic E-state index is 13.8. The molecule has 5 heterocycles. The number of thiazole rings is 1. The van der Waals surface area contributed by atoms with Gasteiger partial charge < -0.3 is 9.80 Å². The van der Waals surface area contributed by atoms with Gasteiger partial charge in [-0.05, 0) is 42.8 Å². The quantitative estimate of drug-likeness (QED) is 0.359. The number of nitrogens with zero attached hydrogens (tertiary/aromatic N) is 6. The minimum absolute atomic E-state index is 0.0789. The van der Waals surface area contributed by atoms with Gasteiger partial charge in [0.15, 0.2) is 0 Å². The molecule has 1 fully saturated rings. The SMILES string of the molecule is Cc1c(Cl)ccc2c(-c3nc(C(=O)N4CCN(c5ccncc5)CC4)c(-c4cccnc4)s3)n[nH]c12. The van der Waals surface area contributed by atoms with Gasteiger partial charge in [0.2, 0.25) is 0 Å². The van der Waals surface area contributed by atoms with Gasteiger partial charge in [0.25, 0.3) is 5.91 Å². The predicted octanol–water partition coefficient (Wildman–Crippen LogP) is 5.07. The highest BCUT2D eigenvalue weighted by atomic mass is 35.5. The minimum Gasteiger partial charge on any atom is -0.368 e. The van der Waals surface area contributed by atoms with Crippen molar-refractivity contribution >= 4 is 45.4 Å². The number of anilines is 1. The highest BCUT2D eigenvalue weighted by Crippen LogP contribution is 2.38. The second kappa shape index (κ2) is 9.33. The van der Waals surface area contributed by atoms with E-state index in [1.165, 1.54) is 11.3 Å². The summed E-state index contributed by atoms with van der Waals surface area (Å²) in [5.41, 5.74) is 4.92. The number of halogens is 1. The van der Waals surface area contributed by atoms with Crippen molar-refractivity contribution in [2.45, 2.75) is 6.92 Å². The van der Waals surface area contributed by atoms with Crippen molar-refractivity contribution in [2.75, 3.05) is 31.1 Å². The van der Waals surface area contributed by atoms with Gasteiger partial charge in [-0.1, -0.05) is 17.7 Å². The third-order valence-corrected chi connectivity index (χ3v) is 8.00. The molecule has 6 rings (SSSR count). The van der Waals surface area contributed by atoms with Gasteiger partial charge in [-0.2, -0.15) is 5.10 Å². The molecular formula is C26H22ClN7OS. The Morgan fingerprint density at radius 3 is 2.58 bits per heavy atom. The number of amides is 1. The molecule has 0 atom stereocenters. The fourth-order valence-corrected chi connectivity index (χ4v) is 5.70. The number of aromatic nitrogens is 5. The summed E-state index contributed by atoms with van der Waals surface area (Å²) < 4.78 is 0. The molecule has 0 unspecified atom stereocenters. The van der Waals surface area contributed by atoms with E-state index in [1.807, 2.05) is 48.2 Å². The normalized spacial score (nSPS) is 13.9. The number of fused-ring (bicyclic) bond motifs is 1. The monoisotopic (exact) mass is 515 g/mol. The Bertz CT molecular complexity index is 1540. The van der Waals surface area contributed by atoms with Gasteiger partial charge in [-0.15, -0.1) is 11.3 Å². The summed E-state index contributed by atoms with van der Waals surface area (Å²) in [4.78, 5) is 31.9. The van der Waals surface area contributed by atoms with Gasteiger partial charge in [-0.25, -0.2) is 4.98 Å². The molecule has 1 N–H and O–H groups in total. The Hall–Kier alpha value is -3.82. The van der Waals surface area contributed by atoms with Crippen LogP contribution in [0.2, 0.25) is 5.02 Å². The molecule has 0 spiro atoms. The van der Waals surface area contributed by atoms with Gasteiger partial charge in [0, 0.05) is 72.6 Å². The van der Waals surface area contributed by atoms with Crippen LogP contribution in [0.15, 0.2) is 61.2 Å². The van der Waals surface area contributed by atoms with E-state index in [0.717, 1.165) is 45.7 Å². The van der Waals surface area contributed by atoms with Crippen LogP contribution in [-0.4, -0.2) is 62.1 Å². The predicted molar refractivity (Wildman–Crippen MR) is 143 cm³/mol. The van der Waals surface area contributed by atoms with Gasteiger partial charge in [-0.3, -0.25) is 19.9 Å². The van der Waals surface area contributed by atoms with Crippen molar-refractivity contribution < 1.29 is 4.79 Å². The Labute approximate surface area is 216 Å². The molecule has 1 aliphatic rings. The first-order chi connectivity index (χ1) is 17.6. The van der Waals surface area contributed by atoms with Crippen LogP contribution in [0.25, 0.3) is 32.0 Å². The largest absolute Gasteiger partial charge is 0.368 e. The highest BCUT2D eigenvalue weighted by Gasteiger charge is 2.29. The van der Waals surface area contributed by atoms with Gasteiger partial charge in [0.05, 0.1) is 10.4 Å². The Morgan fingerprint density at radius 2 is 1.83 bits per heavy atom. The maximum absolute atomic E-state index is 13.8. The lowest BCUT2D eigenvalue weighted by Crippen LogP contribution is -2.49. The number of carbonyl (C=O) groups is 1. The number of hydrogen-bond acceptors (Lipinski definition) is 7. The number of hydrogen-bond donors (Lipinski definition) is 1. The van der Waals surface area contributed by atoms with E-state index in [0.29, 0.717) is 34.5 Å². The van der Waals surface area contributed by atoms with Crippen LogP contribution in [-0.2, 0) is 0 Å². The molecule has 0 aliphatic carbocycles.